The van der Waals surface area contributed by atoms with Crippen LogP contribution in [0, 0.1) is 9.49 Å². The van der Waals surface area contributed by atoms with Gasteiger partial charge in [-0.05, 0) is 60.4 Å². The molecule has 8 nitrogen and oxygen atoms in total. The molecule has 0 aliphatic heterocycles. The molecule has 0 saturated heterocycles. The van der Waals surface area contributed by atoms with Gasteiger partial charge in [0.25, 0.3) is 0 Å². The van der Waals surface area contributed by atoms with Gasteiger partial charge in [-0.2, -0.15) is 9.61 Å². The third-order valence-corrected chi connectivity index (χ3v) is 11.2. The van der Waals surface area contributed by atoms with Crippen LogP contribution in [0.25, 0.3) is 5.65 Å². The summed E-state index contributed by atoms with van der Waals surface area (Å²) < 4.78 is 29.2. The Balaban J connectivity index is 1.83. The number of rotatable bonds is 14. The maximum atomic E-state index is 14.1. The lowest BCUT2D eigenvalue weighted by atomic mass is 9.78. The predicted molar refractivity (Wildman–Crippen MR) is 163 cm³/mol. The Kier molecular flexibility index (Phi) is 11.2. The van der Waals surface area contributed by atoms with E-state index in [9.17, 15) is 9.18 Å². The number of hydrogen-bond donors (Lipinski definition) is 1. The molecule has 214 valence electrons. The average Bonchev–Trinajstić information content (AvgIpc) is 3.21. The number of alkyl halides is 1. The number of aromatic nitrogens is 3. The summed E-state index contributed by atoms with van der Waals surface area (Å²) in [7, 11) is -2.43. The van der Waals surface area contributed by atoms with Crippen molar-refractivity contribution in [3.8, 4) is 0 Å². The van der Waals surface area contributed by atoms with Gasteiger partial charge >= 0.3 is 5.97 Å². The van der Waals surface area contributed by atoms with Crippen LogP contribution in [0.2, 0.25) is 51.4 Å². The number of ether oxygens (including phenoxy) is 2. The lowest BCUT2D eigenvalue weighted by Gasteiger charge is -2.30. The van der Waals surface area contributed by atoms with Crippen LogP contribution in [-0.4, -0.2) is 74.7 Å². The number of carboxylic acid groups (broad SMARTS) is 1. The van der Waals surface area contributed by atoms with E-state index in [2.05, 4.69) is 77.9 Å². The van der Waals surface area contributed by atoms with Crippen LogP contribution in [0.4, 0.5) is 10.2 Å². The fourth-order valence-electron chi connectivity index (χ4n) is 4.56. The first-order valence-corrected chi connectivity index (χ1v) is 22.1. The van der Waals surface area contributed by atoms with Gasteiger partial charge in [-0.25, -0.2) is 14.2 Å². The van der Waals surface area contributed by atoms with Crippen molar-refractivity contribution in [2.75, 3.05) is 31.6 Å². The lowest BCUT2D eigenvalue weighted by molar-refractivity contribution is -0.145. The van der Waals surface area contributed by atoms with Crippen LogP contribution in [0.1, 0.15) is 37.3 Å². The topological polar surface area (TPSA) is 89.2 Å². The molecule has 1 aliphatic carbocycles. The van der Waals surface area contributed by atoms with E-state index in [-0.39, 0.29) is 5.92 Å². The number of halogens is 2. The van der Waals surface area contributed by atoms with Crippen LogP contribution >= 0.6 is 22.6 Å². The van der Waals surface area contributed by atoms with E-state index in [4.69, 9.17) is 19.6 Å². The van der Waals surface area contributed by atoms with E-state index in [0.717, 1.165) is 32.8 Å². The van der Waals surface area contributed by atoms with Gasteiger partial charge in [0.05, 0.1) is 9.77 Å². The number of carbonyl (C=O) groups is 1. The van der Waals surface area contributed by atoms with Crippen LogP contribution in [0.3, 0.4) is 0 Å². The minimum Gasteiger partial charge on any atom is -0.479 e. The molecular formula is C26H44FIN4O4Si2. The molecule has 38 heavy (non-hydrogen) atoms. The largest absolute Gasteiger partial charge is 0.479 e. The minimum absolute atomic E-state index is 0.143. The molecule has 2 aromatic heterocycles. The van der Waals surface area contributed by atoms with Crippen molar-refractivity contribution in [2.24, 2.45) is 5.92 Å². The van der Waals surface area contributed by atoms with Crippen LogP contribution < -0.4 is 4.90 Å². The summed E-state index contributed by atoms with van der Waals surface area (Å²) in [5, 5.41) is 13.7. The fraction of sp³-hybridized carbons (Fsp3) is 0.731. The molecule has 1 saturated carbocycles. The standard InChI is InChI=1S/C26H44FIN4O4Si2/c1-37(2,3)13-11-35-17-31(18-36-12-14-38(4,5)6)23-15-22(30-25-21(28)16-29-32(23)25)19-7-9-20(10-8-19)24(27)26(33)34/h15-16,19-20,24H,7-14,17-18H2,1-6H3,(H,33,34)/t19-,20-,24?. The highest BCUT2D eigenvalue weighted by atomic mass is 127. The summed E-state index contributed by atoms with van der Waals surface area (Å²) in [6.45, 7) is 16.2. The van der Waals surface area contributed by atoms with Crippen molar-refractivity contribution >= 4 is 56.2 Å². The molecule has 1 unspecified atom stereocenters. The van der Waals surface area contributed by atoms with E-state index in [1.807, 2.05) is 10.7 Å². The number of hydrogen-bond acceptors (Lipinski definition) is 6. The summed E-state index contributed by atoms with van der Waals surface area (Å²) in [5.74, 6) is -0.782. The molecule has 0 radical (unpaired) electrons. The Morgan fingerprint density at radius 2 is 1.66 bits per heavy atom. The third-order valence-electron chi connectivity index (χ3n) is 7.08. The molecule has 3 rings (SSSR count). The van der Waals surface area contributed by atoms with Gasteiger partial charge in [-0.3, -0.25) is 0 Å². The van der Waals surface area contributed by atoms with E-state index < -0.39 is 34.2 Å². The molecule has 1 N–H and O–H groups in total. The molecule has 1 atom stereocenters. The van der Waals surface area contributed by atoms with Crippen molar-refractivity contribution in [1.29, 1.82) is 0 Å². The Morgan fingerprint density at radius 3 is 2.16 bits per heavy atom. The molecule has 0 amide bonds. The first-order chi connectivity index (χ1) is 17.7. The summed E-state index contributed by atoms with van der Waals surface area (Å²) in [4.78, 5) is 18.2. The number of carboxylic acids is 1. The molecule has 2 aromatic rings. The zero-order valence-corrected chi connectivity index (χ0v) is 27.8. The lowest BCUT2D eigenvalue weighted by Crippen LogP contribution is -2.33. The van der Waals surface area contributed by atoms with E-state index in [1.54, 1.807) is 0 Å². The number of fused-ring (bicyclic) bond motifs is 1. The first-order valence-electron chi connectivity index (χ1n) is 13.6. The Hall–Kier alpha value is -1.10. The van der Waals surface area contributed by atoms with Gasteiger partial charge in [0, 0.05) is 53.0 Å². The first kappa shape index (κ1) is 31.4. The molecule has 2 heterocycles. The van der Waals surface area contributed by atoms with Crippen molar-refractivity contribution in [3.05, 3.63) is 21.5 Å². The summed E-state index contributed by atoms with van der Waals surface area (Å²) in [5.41, 5.74) is 1.72. The van der Waals surface area contributed by atoms with Crippen LogP contribution in [-0.2, 0) is 14.3 Å². The van der Waals surface area contributed by atoms with Crippen LogP contribution in [0.5, 0.6) is 0 Å². The predicted octanol–water partition coefficient (Wildman–Crippen LogP) is 6.46. The maximum absolute atomic E-state index is 14.1. The van der Waals surface area contributed by atoms with Gasteiger partial charge in [0.1, 0.15) is 19.3 Å². The van der Waals surface area contributed by atoms with Crippen molar-refractivity contribution in [1.82, 2.24) is 14.6 Å². The van der Waals surface area contributed by atoms with Gasteiger partial charge in [-0.15, -0.1) is 0 Å². The maximum Gasteiger partial charge on any atom is 0.338 e. The second kappa shape index (κ2) is 13.5. The van der Waals surface area contributed by atoms with E-state index >= 15 is 0 Å². The minimum atomic E-state index is -1.80. The van der Waals surface area contributed by atoms with Gasteiger partial charge in [0.2, 0.25) is 0 Å². The van der Waals surface area contributed by atoms with Gasteiger partial charge < -0.3 is 19.5 Å². The summed E-state index contributed by atoms with van der Waals surface area (Å²) in [6.07, 6.45) is 2.52. The van der Waals surface area contributed by atoms with Gasteiger partial charge in [-0.1, -0.05) is 39.3 Å². The highest BCUT2D eigenvalue weighted by molar-refractivity contribution is 14.1. The highest BCUT2D eigenvalue weighted by Gasteiger charge is 2.33. The quantitative estimate of drug-likeness (QED) is 0.106. The smallest absolute Gasteiger partial charge is 0.338 e. The zero-order valence-electron chi connectivity index (χ0n) is 23.7. The fourth-order valence-corrected chi connectivity index (χ4v) is 6.54. The third kappa shape index (κ3) is 9.24. The highest BCUT2D eigenvalue weighted by Crippen LogP contribution is 2.38. The van der Waals surface area contributed by atoms with Crippen molar-refractivity contribution < 1.29 is 23.8 Å². The second-order valence-corrected chi connectivity index (χ2v) is 25.3. The number of nitrogens with zero attached hydrogens (tertiary/aromatic N) is 4. The Labute approximate surface area is 241 Å². The molecule has 12 heteroatoms. The molecular weight excluding hydrogens is 634 g/mol. The molecule has 1 fully saturated rings. The average molecular weight is 679 g/mol. The van der Waals surface area contributed by atoms with E-state index in [0.29, 0.717) is 52.4 Å². The molecule has 0 bridgehead atoms. The molecule has 1 aliphatic rings. The zero-order chi connectivity index (χ0) is 28.1. The van der Waals surface area contributed by atoms with Gasteiger partial charge in [0.15, 0.2) is 11.8 Å². The molecule has 0 spiro atoms. The number of anilines is 1. The summed E-state index contributed by atoms with van der Waals surface area (Å²) >= 11 is 2.25. The normalized spacial score (nSPS) is 19.6. The number of aliphatic carboxylic acids is 1. The second-order valence-electron chi connectivity index (χ2n) is 12.9. The molecule has 0 aromatic carbocycles. The Bertz CT molecular complexity index is 1050. The van der Waals surface area contributed by atoms with Crippen molar-refractivity contribution in [3.63, 3.8) is 0 Å². The van der Waals surface area contributed by atoms with Crippen molar-refractivity contribution in [2.45, 2.75) is 89.1 Å². The monoisotopic (exact) mass is 678 g/mol. The van der Waals surface area contributed by atoms with Crippen LogP contribution in [0.15, 0.2) is 12.3 Å². The Morgan fingerprint density at radius 1 is 1.11 bits per heavy atom. The SMILES string of the molecule is C[Si](C)(C)CCOCN(COCC[Si](C)(C)C)c1cc([C@H]2CC[C@H](C(F)C(=O)O)CC2)nc2c(I)cnn12. The summed E-state index contributed by atoms with van der Waals surface area (Å²) in [6, 6.07) is 4.24. The van der Waals surface area contributed by atoms with E-state index in [1.165, 1.54) is 0 Å².